The second kappa shape index (κ2) is 8.28. The van der Waals surface area contributed by atoms with Gasteiger partial charge in [-0.05, 0) is 49.4 Å². The molecule has 0 radical (unpaired) electrons. The number of thioether (sulfide) groups is 1. The van der Waals surface area contributed by atoms with Gasteiger partial charge in [0.05, 0.1) is 11.4 Å². The zero-order chi connectivity index (χ0) is 21.3. The van der Waals surface area contributed by atoms with Crippen LogP contribution in [0.4, 0.5) is 20.2 Å². The van der Waals surface area contributed by atoms with Crippen molar-refractivity contribution >= 4 is 35.0 Å². The monoisotopic (exact) mass is 424 g/mol. The van der Waals surface area contributed by atoms with Gasteiger partial charge in [0.2, 0.25) is 5.91 Å². The van der Waals surface area contributed by atoms with Crippen molar-refractivity contribution in [3.63, 3.8) is 0 Å². The Kier molecular flexibility index (Phi) is 5.55. The zero-order valence-corrected chi connectivity index (χ0v) is 16.9. The van der Waals surface area contributed by atoms with Crippen molar-refractivity contribution in [1.82, 2.24) is 0 Å². The second-order valence-electron chi connectivity index (χ2n) is 6.86. The fourth-order valence-electron chi connectivity index (χ4n) is 3.39. The lowest BCUT2D eigenvalue weighted by Gasteiger charge is -2.27. The minimum Gasteiger partial charge on any atom is -0.322 e. The minimum atomic E-state index is -0.422. The van der Waals surface area contributed by atoms with E-state index in [0.29, 0.717) is 22.5 Å². The van der Waals surface area contributed by atoms with Crippen LogP contribution >= 0.6 is 11.8 Å². The fourth-order valence-corrected chi connectivity index (χ4v) is 4.60. The number of nitrogens with zero attached hydrogens (tertiary/aromatic N) is 1. The Labute approximate surface area is 176 Å². The molecule has 1 atom stereocenters. The summed E-state index contributed by atoms with van der Waals surface area (Å²) in [4.78, 5) is 26.9. The SMILES string of the molecule is Cc1c(F)cccc1N1C(=O)CSC1c1ccccc1NC(=O)c1ccc(F)cc1. The van der Waals surface area contributed by atoms with Crippen LogP contribution in [0.5, 0.6) is 0 Å². The summed E-state index contributed by atoms with van der Waals surface area (Å²) in [5.41, 5.74) is 2.49. The normalized spacial score (nSPS) is 16.0. The van der Waals surface area contributed by atoms with E-state index in [0.717, 1.165) is 5.56 Å². The van der Waals surface area contributed by atoms with Crippen LogP contribution in [0.1, 0.15) is 26.9 Å². The van der Waals surface area contributed by atoms with Crippen molar-refractivity contribution in [3.05, 3.63) is 95.1 Å². The second-order valence-corrected chi connectivity index (χ2v) is 7.93. The van der Waals surface area contributed by atoms with E-state index < -0.39 is 11.2 Å². The fraction of sp³-hybridized carbons (Fsp3) is 0.130. The molecule has 0 aliphatic carbocycles. The predicted octanol–water partition coefficient (Wildman–Crippen LogP) is 5.30. The molecule has 1 unspecified atom stereocenters. The molecule has 4 rings (SSSR count). The van der Waals surface area contributed by atoms with Gasteiger partial charge < -0.3 is 5.32 Å². The van der Waals surface area contributed by atoms with Crippen LogP contribution in [-0.4, -0.2) is 17.6 Å². The summed E-state index contributed by atoms with van der Waals surface area (Å²) in [6.45, 7) is 1.64. The van der Waals surface area contributed by atoms with E-state index in [1.807, 2.05) is 12.1 Å². The predicted molar refractivity (Wildman–Crippen MR) is 115 cm³/mol. The molecule has 0 bridgehead atoms. The maximum Gasteiger partial charge on any atom is 0.255 e. The Hall–Kier alpha value is -3.19. The summed E-state index contributed by atoms with van der Waals surface area (Å²) in [5, 5.41) is 2.44. The quantitative estimate of drug-likeness (QED) is 0.618. The Bertz CT molecular complexity index is 1120. The van der Waals surface area contributed by atoms with Crippen LogP contribution in [-0.2, 0) is 4.79 Å². The average Bonchev–Trinajstić information content (AvgIpc) is 3.12. The van der Waals surface area contributed by atoms with Crippen molar-refractivity contribution in [1.29, 1.82) is 0 Å². The van der Waals surface area contributed by atoms with Crippen LogP contribution < -0.4 is 10.2 Å². The molecule has 1 N–H and O–H groups in total. The summed E-state index contributed by atoms with van der Waals surface area (Å²) in [7, 11) is 0. The molecular weight excluding hydrogens is 406 g/mol. The van der Waals surface area contributed by atoms with Gasteiger partial charge in [-0.25, -0.2) is 8.78 Å². The van der Waals surface area contributed by atoms with Crippen LogP contribution in [0.2, 0.25) is 0 Å². The average molecular weight is 424 g/mol. The third-order valence-electron chi connectivity index (χ3n) is 4.95. The molecule has 152 valence electrons. The van der Waals surface area contributed by atoms with Crippen molar-refractivity contribution in [2.75, 3.05) is 16.0 Å². The molecule has 1 aliphatic heterocycles. The highest BCUT2D eigenvalue weighted by Crippen LogP contribution is 2.45. The lowest BCUT2D eigenvalue weighted by atomic mass is 10.1. The summed E-state index contributed by atoms with van der Waals surface area (Å²) in [6.07, 6.45) is 0. The molecule has 0 spiro atoms. The molecule has 1 heterocycles. The Morgan fingerprint density at radius 3 is 2.53 bits per heavy atom. The van der Waals surface area contributed by atoms with Gasteiger partial charge in [0, 0.05) is 22.4 Å². The van der Waals surface area contributed by atoms with E-state index in [-0.39, 0.29) is 23.4 Å². The number of para-hydroxylation sites is 1. The van der Waals surface area contributed by atoms with Crippen LogP contribution in [0.3, 0.4) is 0 Å². The van der Waals surface area contributed by atoms with Crippen molar-refractivity contribution in [2.24, 2.45) is 0 Å². The molecule has 2 amide bonds. The molecule has 3 aromatic carbocycles. The molecule has 7 heteroatoms. The number of nitrogens with one attached hydrogen (secondary N) is 1. The van der Waals surface area contributed by atoms with Crippen molar-refractivity contribution in [2.45, 2.75) is 12.3 Å². The van der Waals surface area contributed by atoms with Gasteiger partial charge in [-0.15, -0.1) is 11.8 Å². The molecule has 4 nitrogen and oxygen atoms in total. The smallest absolute Gasteiger partial charge is 0.255 e. The van der Waals surface area contributed by atoms with Gasteiger partial charge in [-0.2, -0.15) is 0 Å². The molecule has 1 saturated heterocycles. The zero-order valence-electron chi connectivity index (χ0n) is 16.1. The molecule has 3 aromatic rings. The lowest BCUT2D eigenvalue weighted by molar-refractivity contribution is -0.115. The molecular formula is C23H18F2N2O2S. The van der Waals surface area contributed by atoms with Crippen LogP contribution in [0.25, 0.3) is 0 Å². The first kappa shape index (κ1) is 20.1. The van der Waals surface area contributed by atoms with Gasteiger partial charge in [0.1, 0.15) is 17.0 Å². The topological polar surface area (TPSA) is 49.4 Å². The highest BCUT2D eigenvalue weighted by molar-refractivity contribution is 8.00. The molecule has 1 fully saturated rings. The highest BCUT2D eigenvalue weighted by Gasteiger charge is 2.36. The van der Waals surface area contributed by atoms with Crippen molar-refractivity contribution in [3.8, 4) is 0 Å². The first-order valence-corrected chi connectivity index (χ1v) is 10.3. The number of rotatable bonds is 4. The maximum absolute atomic E-state index is 14.1. The van der Waals surface area contributed by atoms with E-state index in [2.05, 4.69) is 5.32 Å². The van der Waals surface area contributed by atoms with Gasteiger partial charge in [-0.3, -0.25) is 14.5 Å². The van der Waals surface area contributed by atoms with Gasteiger partial charge in [-0.1, -0.05) is 24.3 Å². The number of benzene rings is 3. The number of anilines is 2. The van der Waals surface area contributed by atoms with Gasteiger partial charge >= 0.3 is 0 Å². The lowest BCUT2D eigenvalue weighted by Crippen LogP contribution is -2.29. The van der Waals surface area contributed by atoms with Gasteiger partial charge in [0.15, 0.2) is 0 Å². The Morgan fingerprint density at radius 2 is 1.77 bits per heavy atom. The first-order valence-electron chi connectivity index (χ1n) is 9.30. The number of hydrogen-bond acceptors (Lipinski definition) is 3. The first-order chi connectivity index (χ1) is 14.5. The third-order valence-corrected chi connectivity index (χ3v) is 6.14. The Balaban J connectivity index is 1.68. The third kappa shape index (κ3) is 3.80. The van der Waals surface area contributed by atoms with Crippen LogP contribution in [0.15, 0.2) is 66.7 Å². The number of halogens is 2. The number of carbonyl (C=O) groups is 2. The summed E-state index contributed by atoms with van der Waals surface area (Å²) in [6, 6.07) is 17.1. The van der Waals surface area contributed by atoms with Crippen LogP contribution in [0, 0.1) is 18.6 Å². The summed E-state index contributed by atoms with van der Waals surface area (Å²) < 4.78 is 27.3. The number of hydrogen-bond donors (Lipinski definition) is 1. The van der Waals surface area contributed by atoms with E-state index >= 15 is 0 Å². The summed E-state index contributed by atoms with van der Waals surface area (Å²) >= 11 is 1.41. The van der Waals surface area contributed by atoms with E-state index in [1.165, 1.54) is 42.1 Å². The largest absolute Gasteiger partial charge is 0.322 e. The molecule has 1 aliphatic rings. The maximum atomic E-state index is 14.1. The highest BCUT2D eigenvalue weighted by atomic mass is 32.2. The van der Waals surface area contributed by atoms with Gasteiger partial charge in [0.25, 0.3) is 5.91 Å². The minimum absolute atomic E-state index is 0.127. The standard InChI is InChI=1S/C23H18F2N2O2S/c1-14-18(25)6-4-8-20(14)27-21(28)13-30-23(27)17-5-2-3-7-19(17)26-22(29)15-9-11-16(24)12-10-15/h2-12,23H,13H2,1H3,(H,26,29). The molecule has 0 saturated carbocycles. The Morgan fingerprint density at radius 1 is 1.03 bits per heavy atom. The van der Waals surface area contributed by atoms with E-state index in [4.69, 9.17) is 0 Å². The summed E-state index contributed by atoms with van der Waals surface area (Å²) in [5.74, 6) is -1.06. The molecule has 30 heavy (non-hydrogen) atoms. The van der Waals surface area contributed by atoms with E-state index in [1.54, 1.807) is 36.1 Å². The number of amides is 2. The number of carbonyl (C=O) groups excluding carboxylic acids is 2. The van der Waals surface area contributed by atoms with Crippen molar-refractivity contribution < 1.29 is 18.4 Å². The molecule has 0 aromatic heterocycles. The van der Waals surface area contributed by atoms with E-state index in [9.17, 15) is 18.4 Å².